The number of β-amino-alcohol motifs (C(OH)–C–C–N with tert-alkyl or cyclic N) is 1. The molecule has 2 heterocycles. The van der Waals surface area contributed by atoms with Gasteiger partial charge in [0.05, 0.1) is 19.3 Å². The molecule has 0 bridgehead atoms. The van der Waals surface area contributed by atoms with E-state index in [0.29, 0.717) is 11.4 Å². The molecule has 1 amide bonds. The van der Waals surface area contributed by atoms with Crippen molar-refractivity contribution in [2.75, 3.05) is 13.7 Å². The van der Waals surface area contributed by atoms with Crippen LogP contribution in [0.3, 0.4) is 0 Å². The Morgan fingerprint density at radius 2 is 2.16 bits per heavy atom. The van der Waals surface area contributed by atoms with Crippen LogP contribution >= 0.6 is 0 Å². The summed E-state index contributed by atoms with van der Waals surface area (Å²) in [5, 5.41) is 16.7. The van der Waals surface area contributed by atoms with Crippen LogP contribution < -0.4 is 10.1 Å². The van der Waals surface area contributed by atoms with Gasteiger partial charge in [0.2, 0.25) is 0 Å². The Kier molecular flexibility index (Phi) is 2.72. The van der Waals surface area contributed by atoms with Crippen molar-refractivity contribution in [3.63, 3.8) is 0 Å². The van der Waals surface area contributed by atoms with Crippen molar-refractivity contribution in [3.8, 4) is 17.0 Å². The SMILES string of the molecule is COc1ccc(-c2cc3n(n2)[C@H](O)CNC3=O)cc1. The van der Waals surface area contributed by atoms with Crippen LogP contribution in [-0.4, -0.2) is 34.4 Å². The third-order valence-corrected chi connectivity index (χ3v) is 3.08. The van der Waals surface area contributed by atoms with E-state index in [9.17, 15) is 9.90 Å². The molecular formula is C13H13N3O3. The first-order valence-corrected chi connectivity index (χ1v) is 5.89. The molecule has 1 atom stereocenters. The fraction of sp³-hybridized carbons (Fsp3) is 0.231. The summed E-state index contributed by atoms with van der Waals surface area (Å²) in [6, 6.07) is 9.03. The lowest BCUT2D eigenvalue weighted by atomic mass is 10.1. The molecule has 19 heavy (non-hydrogen) atoms. The van der Waals surface area contributed by atoms with E-state index in [1.54, 1.807) is 13.2 Å². The standard InChI is InChI=1S/C13H13N3O3/c1-19-9-4-2-8(3-5-9)10-6-11-13(18)14-7-12(17)16(11)15-10/h2-6,12,17H,7H2,1H3,(H,14,18)/t12-/m1/s1. The van der Waals surface area contributed by atoms with E-state index in [4.69, 9.17) is 4.74 Å². The number of nitrogens with zero attached hydrogens (tertiary/aromatic N) is 2. The summed E-state index contributed by atoms with van der Waals surface area (Å²) in [7, 11) is 1.60. The molecule has 0 fully saturated rings. The minimum atomic E-state index is -0.820. The van der Waals surface area contributed by atoms with Crippen molar-refractivity contribution < 1.29 is 14.6 Å². The average molecular weight is 259 g/mol. The molecule has 6 heteroatoms. The van der Waals surface area contributed by atoms with Gasteiger partial charge in [0.15, 0.2) is 6.23 Å². The number of methoxy groups -OCH3 is 1. The number of aliphatic hydroxyl groups excluding tert-OH is 1. The maximum atomic E-state index is 11.7. The fourth-order valence-electron chi connectivity index (χ4n) is 2.06. The Hall–Kier alpha value is -2.34. The van der Waals surface area contributed by atoms with Gasteiger partial charge in [0, 0.05) is 5.56 Å². The molecule has 0 unspecified atom stereocenters. The quantitative estimate of drug-likeness (QED) is 0.836. The number of carbonyl (C=O) groups excluding carboxylic acids is 1. The topological polar surface area (TPSA) is 76.4 Å². The molecule has 98 valence electrons. The van der Waals surface area contributed by atoms with E-state index in [2.05, 4.69) is 10.4 Å². The monoisotopic (exact) mass is 259 g/mol. The van der Waals surface area contributed by atoms with Gasteiger partial charge in [-0.05, 0) is 30.3 Å². The predicted octanol–water partition coefficient (Wildman–Crippen LogP) is 0.793. The number of benzene rings is 1. The number of amides is 1. The summed E-state index contributed by atoms with van der Waals surface area (Å²) < 4.78 is 6.44. The van der Waals surface area contributed by atoms with Crippen LogP contribution in [0.5, 0.6) is 5.75 Å². The second-order valence-corrected chi connectivity index (χ2v) is 4.28. The van der Waals surface area contributed by atoms with Gasteiger partial charge in [-0.15, -0.1) is 0 Å². The largest absolute Gasteiger partial charge is 0.497 e. The van der Waals surface area contributed by atoms with Crippen LogP contribution in [0.15, 0.2) is 30.3 Å². The van der Waals surface area contributed by atoms with Gasteiger partial charge < -0.3 is 15.2 Å². The molecule has 1 aliphatic heterocycles. The molecule has 0 saturated heterocycles. The molecule has 1 aliphatic rings. The Morgan fingerprint density at radius 1 is 1.42 bits per heavy atom. The van der Waals surface area contributed by atoms with Crippen LogP contribution in [0.2, 0.25) is 0 Å². The Morgan fingerprint density at radius 3 is 2.79 bits per heavy atom. The van der Waals surface area contributed by atoms with Gasteiger partial charge in [-0.3, -0.25) is 4.79 Å². The summed E-state index contributed by atoms with van der Waals surface area (Å²) in [6.45, 7) is 0.176. The summed E-state index contributed by atoms with van der Waals surface area (Å²) in [6.07, 6.45) is -0.820. The molecule has 0 radical (unpaired) electrons. The van der Waals surface area contributed by atoms with E-state index in [1.807, 2.05) is 24.3 Å². The number of nitrogens with one attached hydrogen (secondary N) is 1. The lowest BCUT2D eigenvalue weighted by molar-refractivity contribution is 0.0594. The summed E-state index contributed by atoms with van der Waals surface area (Å²) >= 11 is 0. The second kappa shape index (κ2) is 4.40. The number of hydrogen-bond donors (Lipinski definition) is 2. The van der Waals surface area contributed by atoms with Crippen molar-refractivity contribution in [2.45, 2.75) is 6.23 Å². The van der Waals surface area contributed by atoms with Gasteiger partial charge >= 0.3 is 0 Å². The van der Waals surface area contributed by atoms with Gasteiger partial charge in [-0.1, -0.05) is 0 Å². The zero-order valence-corrected chi connectivity index (χ0v) is 10.3. The number of ether oxygens (including phenoxy) is 1. The fourth-order valence-corrected chi connectivity index (χ4v) is 2.06. The molecule has 6 nitrogen and oxygen atoms in total. The highest BCUT2D eigenvalue weighted by atomic mass is 16.5. The van der Waals surface area contributed by atoms with Gasteiger partial charge in [0.1, 0.15) is 11.4 Å². The molecule has 0 saturated carbocycles. The normalized spacial score (nSPS) is 17.8. The highest BCUT2D eigenvalue weighted by molar-refractivity contribution is 5.94. The summed E-state index contributed by atoms with van der Waals surface area (Å²) in [5.74, 6) is 0.531. The third-order valence-electron chi connectivity index (χ3n) is 3.08. The first-order valence-electron chi connectivity index (χ1n) is 5.89. The Balaban J connectivity index is 2.01. The van der Waals surface area contributed by atoms with Crippen LogP contribution in [0.4, 0.5) is 0 Å². The molecule has 3 rings (SSSR count). The smallest absolute Gasteiger partial charge is 0.269 e. The number of hydrogen-bond acceptors (Lipinski definition) is 4. The minimum Gasteiger partial charge on any atom is -0.497 e. The maximum Gasteiger partial charge on any atom is 0.269 e. The Labute approximate surface area is 109 Å². The maximum absolute atomic E-state index is 11.7. The zero-order chi connectivity index (χ0) is 13.4. The van der Waals surface area contributed by atoms with Crippen molar-refractivity contribution >= 4 is 5.91 Å². The molecule has 1 aromatic carbocycles. The lowest BCUT2D eigenvalue weighted by Gasteiger charge is -2.19. The van der Waals surface area contributed by atoms with Crippen molar-refractivity contribution in [2.24, 2.45) is 0 Å². The number of aromatic nitrogens is 2. The molecular weight excluding hydrogens is 246 g/mol. The molecule has 0 spiro atoms. The Bertz CT molecular complexity index is 619. The van der Waals surface area contributed by atoms with Crippen LogP contribution in [0.25, 0.3) is 11.3 Å². The van der Waals surface area contributed by atoms with E-state index in [0.717, 1.165) is 11.3 Å². The minimum absolute atomic E-state index is 0.176. The first-order chi connectivity index (χ1) is 9.19. The van der Waals surface area contributed by atoms with E-state index in [1.165, 1.54) is 4.68 Å². The van der Waals surface area contributed by atoms with Crippen molar-refractivity contribution in [1.82, 2.24) is 15.1 Å². The van der Waals surface area contributed by atoms with E-state index < -0.39 is 6.23 Å². The van der Waals surface area contributed by atoms with Gasteiger partial charge in [-0.2, -0.15) is 5.10 Å². The number of fused-ring (bicyclic) bond motifs is 1. The number of aliphatic hydroxyl groups is 1. The molecule has 2 aromatic rings. The molecule has 2 N–H and O–H groups in total. The highest BCUT2D eigenvalue weighted by Crippen LogP contribution is 2.24. The molecule has 0 aliphatic carbocycles. The number of rotatable bonds is 2. The van der Waals surface area contributed by atoms with Crippen LogP contribution in [0.1, 0.15) is 16.7 Å². The third kappa shape index (κ3) is 1.96. The van der Waals surface area contributed by atoms with Crippen LogP contribution in [0, 0.1) is 0 Å². The van der Waals surface area contributed by atoms with E-state index >= 15 is 0 Å². The first kappa shape index (κ1) is 11.7. The van der Waals surface area contributed by atoms with Gasteiger partial charge in [0.25, 0.3) is 5.91 Å². The highest BCUT2D eigenvalue weighted by Gasteiger charge is 2.25. The second-order valence-electron chi connectivity index (χ2n) is 4.28. The van der Waals surface area contributed by atoms with Gasteiger partial charge in [-0.25, -0.2) is 4.68 Å². The van der Waals surface area contributed by atoms with Crippen molar-refractivity contribution in [1.29, 1.82) is 0 Å². The zero-order valence-electron chi connectivity index (χ0n) is 10.3. The lowest BCUT2D eigenvalue weighted by Crippen LogP contribution is -2.39. The van der Waals surface area contributed by atoms with Crippen molar-refractivity contribution in [3.05, 3.63) is 36.0 Å². The van der Waals surface area contributed by atoms with Crippen LogP contribution in [-0.2, 0) is 0 Å². The number of carbonyl (C=O) groups is 1. The summed E-state index contributed by atoms with van der Waals surface area (Å²) in [4.78, 5) is 11.7. The summed E-state index contributed by atoms with van der Waals surface area (Å²) in [5.41, 5.74) is 1.88. The van der Waals surface area contributed by atoms with E-state index in [-0.39, 0.29) is 12.5 Å². The average Bonchev–Trinajstić information content (AvgIpc) is 2.89. The molecule has 1 aromatic heterocycles. The predicted molar refractivity (Wildman–Crippen MR) is 67.8 cm³/mol.